The van der Waals surface area contributed by atoms with Crippen molar-refractivity contribution in [2.75, 3.05) is 0 Å². The van der Waals surface area contributed by atoms with E-state index in [2.05, 4.69) is 0 Å². The molecule has 1 aliphatic carbocycles. The first kappa shape index (κ1) is 10.8. The van der Waals surface area contributed by atoms with E-state index in [0.29, 0.717) is 5.02 Å². The molecule has 1 saturated carbocycles. The van der Waals surface area contributed by atoms with Gasteiger partial charge in [-0.2, -0.15) is 0 Å². The van der Waals surface area contributed by atoms with Crippen molar-refractivity contribution in [1.29, 1.82) is 0 Å². The fourth-order valence-corrected chi connectivity index (χ4v) is 2.93. The van der Waals surface area contributed by atoms with Crippen LogP contribution in [0.25, 0.3) is 0 Å². The minimum atomic E-state index is -0.422. The Kier molecular flexibility index (Phi) is 2.65. The Labute approximate surface area is 95.1 Å². The van der Waals surface area contributed by atoms with Gasteiger partial charge in [-0.25, -0.2) is 0 Å². The molecule has 1 aromatic carbocycles. The van der Waals surface area contributed by atoms with Crippen LogP contribution in [-0.2, 0) is 5.54 Å². The van der Waals surface area contributed by atoms with E-state index in [-0.39, 0.29) is 5.75 Å². The molecule has 0 spiro atoms. The standard InChI is InChI=1S/C12H16ClNO/c1-8-6-9(13)11(10(15)7-8)12(14)4-2-3-5-12/h6-7,15H,2-5,14H2,1H3. The lowest BCUT2D eigenvalue weighted by Crippen LogP contribution is -2.33. The topological polar surface area (TPSA) is 46.2 Å². The van der Waals surface area contributed by atoms with Crippen LogP contribution in [0, 0.1) is 6.92 Å². The first-order valence-electron chi connectivity index (χ1n) is 5.31. The van der Waals surface area contributed by atoms with Crippen LogP contribution < -0.4 is 5.73 Å². The summed E-state index contributed by atoms with van der Waals surface area (Å²) in [4.78, 5) is 0. The van der Waals surface area contributed by atoms with Gasteiger partial charge in [-0.1, -0.05) is 24.4 Å². The Balaban J connectivity index is 2.52. The number of benzene rings is 1. The molecule has 0 amide bonds. The second-order valence-electron chi connectivity index (χ2n) is 4.50. The van der Waals surface area contributed by atoms with Crippen molar-refractivity contribution in [3.63, 3.8) is 0 Å². The highest BCUT2D eigenvalue weighted by Gasteiger charge is 2.35. The maximum absolute atomic E-state index is 9.93. The molecule has 0 bridgehead atoms. The van der Waals surface area contributed by atoms with Crippen molar-refractivity contribution >= 4 is 11.6 Å². The van der Waals surface area contributed by atoms with Crippen molar-refractivity contribution in [3.05, 3.63) is 28.3 Å². The number of hydrogen-bond acceptors (Lipinski definition) is 2. The lowest BCUT2D eigenvalue weighted by Gasteiger charge is -2.26. The summed E-state index contributed by atoms with van der Waals surface area (Å²) >= 11 is 6.16. The van der Waals surface area contributed by atoms with Crippen LogP contribution in [0.3, 0.4) is 0 Å². The van der Waals surface area contributed by atoms with Crippen LogP contribution in [0.4, 0.5) is 0 Å². The third-order valence-corrected chi connectivity index (χ3v) is 3.51. The zero-order valence-corrected chi connectivity index (χ0v) is 9.64. The molecule has 82 valence electrons. The van der Waals surface area contributed by atoms with Crippen LogP contribution in [0.5, 0.6) is 5.75 Å². The lowest BCUT2D eigenvalue weighted by atomic mass is 9.88. The highest BCUT2D eigenvalue weighted by molar-refractivity contribution is 6.31. The van der Waals surface area contributed by atoms with Gasteiger partial charge in [0.15, 0.2) is 0 Å². The molecule has 0 saturated heterocycles. The molecule has 2 rings (SSSR count). The smallest absolute Gasteiger partial charge is 0.122 e. The summed E-state index contributed by atoms with van der Waals surface area (Å²) in [6.07, 6.45) is 4.03. The maximum atomic E-state index is 9.93. The SMILES string of the molecule is Cc1cc(O)c(C2(N)CCCC2)c(Cl)c1. The molecule has 0 aromatic heterocycles. The van der Waals surface area contributed by atoms with Gasteiger partial charge in [0.2, 0.25) is 0 Å². The van der Waals surface area contributed by atoms with Crippen LogP contribution in [0.1, 0.15) is 36.8 Å². The number of hydrogen-bond donors (Lipinski definition) is 2. The predicted octanol–water partition coefficient (Wildman–Crippen LogP) is 3.08. The van der Waals surface area contributed by atoms with Gasteiger partial charge in [-0.05, 0) is 37.5 Å². The van der Waals surface area contributed by atoms with E-state index in [0.717, 1.165) is 36.8 Å². The van der Waals surface area contributed by atoms with Crippen molar-refractivity contribution in [3.8, 4) is 5.75 Å². The van der Waals surface area contributed by atoms with E-state index in [4.69, 9.17) is 17.3 Å². The van der Waals surface area contributed by atoms with Crippen LogP contribution >= 0.6 is 11.6 Å². The summed E-state index contributed by atoms with van der Waals surface area (Å²) in [5.41, 5.74) is 7.56. The summed E-state index contributed by atoms with van der Waals surface area (Å²) in [5, 5.41) is 10.5. The number of rotatable bonds is 1. The molecule has 3 heteroatoms. The summed E-state index contributed by atoms with van der Waals surface area (Å²) in [6, 6.07) is 3.59. The van der Waals surface area contributed by atoms with Gasteiger partial charge in [-0.3, -0.25) is 0 Å². The monoisotopic (exact) mass is 225 g/mol. The number of phenols is 1. The molecule has 0 aliphatic heterocycles. The van der Waals surface area contributed by atoms with Gasteiger partial charge in [0.1, 0.15) is 5.75 Å². The second kappa shape index (κ2) is 3.69. The first-order chi connectivity index (χ1) is 7.03. The zero-order valence-electron chi connectivity index (χ0n) is 8.89. The van der Waals surface area contributed by atoms with Gasteiger partial charge in [0.05, 0.1) is 0 Å². The van der Waals surface area contributed by atoms with Gasteiger partial charge in [-0.15, -0.1) is 0 Å². The highest BCUT2D eigenvalue weighted by Crippen LogP contribution is 2.44. The highest BCUT2D eigenvalue weighted by atomic mass is 35.5. The van der Waals surface area contributed by atoms with E-state index in [1.54, 1.807) is 6.07 Å². The third-order valence-electron chi connectivity index (χ3n) is 3.21. The molecule has 1 aromatic rings. The van der Waals surface area contributed by atoms with Crippen molar-refractivity contribution in [2.45, 2.75) is 38.1 Å². The van der Waals surface area contributed by atoms with Gasteiger partial charge < -0.3 is 10.8 Å². The Bertz CT molecular complexity index is 360. The average Bonchev–Trinajstić information content (AvgIpc) is 2.50. The van der Waals surface area contributed by atoms with Crippen molar-refractivity contribution in [1.82, 2.24) is 0 Å². The molecule has 1 aliphatic rings. The van der Waals surface area contributed by atoms with Crippen molar-refractivity contribution in [2.24, 2.45) is 5.73 Å². The Hall–Kier alpha value is -0.730. The molecule has 2 nitrogen and oxygen atoms in total. The first-order valence-corrected chi connectivity index (χ1v) is 5.69. The number of aromatic hydroxyl groups is 1. The number of halogens is 1. The summed E-state index contributed by atoms with van der Waals surface area (Å²) < 4.78 is 0. The van der Waals surface area contributed by atoms with Crippen LogP contribution in [0.2, 0.25) is 5.02 Å². The molecule has 0 heterocycles. The van der Waals surface area contributed by atoms with Gasteiger partial charge in [0, 0.05) is 16.1 Å². The molecule has 15 heavy (non-hydrogen) atoms. The Morgan fingerprint density at radius 3 is 2.47 bits per heavy atom. The molecule has 0 radical (unpaired) electrons. The summed E-state index contributed by atoms with van der Waals surface area (Å²) in [7, 11) is 0. The fraction of sp³-hybridized carbons (Fsp3) is 0.500. The lowest BCUT2D eigenvalue weighted by molar-refractivity contribution is 0.409. The minimum Gasteiger partial charge on any atom is -0.508 e. The molecule has 3 N–H and O–H groups in total. The number of phenolic OH excluding ortho intramolecular Hbond substituents is 1. The maximum Gasteiger partial charge on any atom is 0.122 e. The largest absolute Gasteiger partial charge is 0.508 e. The quantitative estimate of drug-likeness (QED) is 0.772. The van der Waals surface area contributed by atoms with E-state index in [1.807, 2.05) is 13.0 Å². The number of nitrogens with two attached hydrogens (primary N) is 1. The van der Waals surface area contributed by atoms with Crippen LogP contribution in [0.15, 0.2) is 12.1 Å². The van der Waals surface area contributed by atoms with E-state index < -0.39 is 5.54 Å². The predicted molar refractivity (Wildman–Crippen MR) is 62.2 cm³/mol. The van der Waals surface area contributed by atoms with E-state index in [9.17, 15) is 5.11 Å². The zero-order chi connectivity index (χ0) is 11.1. The van der Waals surface area contributed by atoms with Gasteiger partial charge >= 0.3 is 0 Å². The number of aryl methyl sites for hydroxylation is 1. The summed E-state index contributed by atoms with van der Waals surface area (Å²) in [5.74, 6) is 0.240. The van der Waals surface area contributed by atoms with Crippen LogP contribution in [-0.4, -0.2) is 5.11 Å². The third kappa shape index (κ3) is 1.84. The molecule has 0 unspecified atom stereocenters. The van der Waals surface area contributed by atoms with Crippen molar-refractivity contribution < 1.29 is 5.11 Å². The molecular formula is C12H16ClNO. The van der Waals surface area contributed by atoms with E-state index >= 15 is 0 Å². The normalized spacial score (nSPS) is 19.4. The minimum absolute atomic E-state index is 0.240. The molecule has 0 atom stereocenters. The average molecular weight is 226 g/mol. The molecule has 1 fully saturated rings. The summed E-state index contributed by atoms with van der Waals surface area (Å²) in [6.45, 7) is 1.91. The Morgan fingerprint density at radius 2 is 1.93 bits per heavy atom. The second-order valence-corrected chi connectivity index (χ2v) is 4.91. The van der Waals surface area contributed by atoms with E-state index in [1.165, 1.54) is 0 Å². The molecular weight excluding hydrogens is 210 g/mol. The Morgan fingerprint density at radius 1 is 1.33 bits per heavy atom. The van der Waals surface area contributed by atoms with Gasteiger partial charge in [0.25, 0.3) is 0 Å². The fourth-order valence-electron chi connectivity index (χ4n) is 2.47.